The monoisotopic (exact) mass is 354 g/mol. The van der Waals surface area contributed by atoms with Crippen LogP contribution in [0.25, 0.3) is 0 Å². The highest BCUT2D eigenvalue weighted by atomic mass is 16.2. The average Bonchev–Trinajstić information content (AvgIpc) is 3.27. The van der Waals surface area contributed by atoms with Crippen LogP contribution in [0.3, 0.4) is 0 Å². The fourth-order valence-electron chi connectivity index (χ4n) is 3.68. The Morgan fingerprint density at radius 3 is 2.62 bits per heavy atom. The second kappa shape index (κ2) is 5.89. The Labute approximate surface area is 151 Å². The van der Waals surface area contributed by atoms with Crippen molar-refractivity contribution in [2.24, 2.45) is 7.05 Å². The van der Waals surface area contributed by atoms with E-state index in [1.54, 1.807) is 23.4 Å². The lowest BCUT2D eigenvalue weighted by atomic mass is 9.95. The molecule has 1 spiro atoms. The number of amides is 2. The SMILES string of the molecule is CC(C)c1nc2c(n1C)C(=O)N(CC(=O)Nc1ncccn1)CC21CC1. The average molecular weight is 354 g/mol. The summed E-state index contributed by atoms with van der Waals surface area (Å²) in [4.78, 5) is 39.8. The van der Waals surface area contributed by atoms with Crippen LogP contribution in [0.5, 0.6) is 0 Å². The fourth-order valence-corrected chi connectivity index (χ4v) is 3.68. The number of anilines is 1. The molecule has 136 valence electrons. The van der Waals surface area contributed by atoms with E-state index in [4.69, 9.17) is 4.98 Å². The second-order valence-electron chi connectivity index (χ2n) is 7.44. The zero-order valence-corrected chi connectivity index (χ0v) is 15.2. The third-order valence-corrected chi connectivity index (χ3v) is 5.14. The summed E-state index contributed by atoms with van der Waals surface area (Å²) in [5.74, 6) is 0.963. The van der Waals surface area contributed by atoms with Crippen molar-refractivity contribution in [3.05, 3.63) is 35.7 Å². The predicted molar refractivity (Wildman–Crippen MR) is 94.8 cm³/mol. The standard InChI is InChI=1S/C18H22N6O2/c1-11(2)15-22-14-13(23(15)3)16(26)24(10-18(14)5-6-18)9-12(25)21-17-19-7-4-8-20-17/h4,7-8,11H,5-6,9-10H2,1-3H3,(H,19,20,21,25). The molecule has 1 saturated carbocycles. The molecule has 1 N–H and O–H groups in total. The molecule has 26 heavy (non-hydrogen) atoms. The zero-order valence-electron chi connectivity index (χ0n) is 15.2. The molecule has 1 fully saturated rings. The zero-order chi connectivity index (χ0) is 18.5. The lowest BCUT2D eigenvalue weighted by molar-refractivity contribution is -0.117. The molecule has 0 bridgehead atoms. The van der Waals surface area contributed by atoms with Crippen molar-refractivity contribution in [2.45, 2.75) is 38.0 Å². The van der Waals surface area contributed by atoms with E-state index >= 15 is 0 Å². The normalized spacial score (nSPS) is 17.5. The van der Waals surface area contributed by atoms with Gasteiger partial charge in [0.2, 0.25) is 11.9 Å². The van der Waals surface area contributed by atoms with Crippen molar-refractivity contribution in [3.63, 3.8) is 0 Å². The van der Waals surface area contributed by atoms with E-state index in [-0.39, 0.29) is 35.6 Å². The third kappa shape index (κ3) is 2.65. The van der Waals surface area contributed by atoms with Gasteiger partial charge < -0.3 is 9.47 Å². The van der Waals surface area contributed by atoms with Gasteiger partial charge in [0, 0.05) is 37.3 Å². The Morgan fingerprint density at radius 1 is 1.31 bits per heavy atom. The Balaban J connectivity index is 1.58. The maximum atomic E-state index is 13.0. The maximum Gasteiger partial charge on any atom is 0.272 e. The van der Waals surface area contributed by atoms with E-state index in [9.17, 15) is 9.59 Å². The highest BCUT2D eigenvalue weighted by Gasteiger charge is 2.54. The van der Waals surface area contributed by atoms with Crippen molar-refractivity contribution in [1.29, 1.82) is 0 Å². The maximum absolute atomic E-state index is 13.0. The lowest BCUT2D eigenvalue weighted by Crippen LogP contribution is -2.47. The van der Waals surface area contributed by atoms with Gasteiger partial charge in [0.05, 0.1) is 5.69 Å². The van der Waals surface area contributed by atoms with Crippen LogP contribution in [0.15, 0.2) is 18.5 Å². The highest BCUT2D eigenvalue weighted by molar-refractivity contribution is 6.00. The van der Waals surface area contributed by atoms with E-state index in [1.807, 2.05) is 11.6 Å². The molecule has 1 aliphatic carbocycles. The molecule has 3 heterocycles. The summed E-state index contributed by atoms with van der Waals surface area (Å²) in [5.41, 5.74) is 1.45. The van der Waals surface area contributed by atoms with Gasteiger partial charge in [0.25, 0.3) is 5.91 Å². The van der Waals surface area contributed by atoms with Crippen molar-refractivity contribution in [1.82, 2.24) is 24.4 Å². The van der Waals surface area contributed by atoms with Crippen LogP contribution in [0, 0.1) is 0 Å². The Morgan fingerprint density at radius 2 is 2.00 bits per heavy atom. The number of hydrogen-bond acceptors (Lipinski definition) is 5. The van der Waals surface area contributed by atoms with E-state index in [2.05, 4.69) is 29.1 Å². The van der Waals surface area contributed by atoms with Crippen LogP contribution in [0.2, 0.25) is 0 Å². The molecule has 2 aliphatic rings. The first-order valence-corrected chi connectivity index (χ1v) is 8.84. The molecule has 0 saturated heterocycles. The van der Waals surface area contributed by atoms with Gasteiger partial charge >= 0.3 is 0 Å². The minimum Gasteiger partial charge on any atom is -0.327 e. The highest BCUT2D eigenvalue weighted by Crippen LogP contribution is 2.52. The minimum absolute atomic E-state index is 0.0134. The van der Waals surface area contributed by atoms with Gasteiger partial charge in [-0.05, 0) is 18.9 Å². The first kappa shape index (κ1) is 16.7. The van der Waals surface area contributed by atoms with Crippen LogP contribution in [-0.4, -0.2) is 49.3 Å². The molecule has 8 heteroatoms. The van der Waals surface area contributed by atoms with E-state index in [0.29, 0.717) is 12.2 Å². The van der Waals surface area contributed by atoms with Crippen molar-refractivity contribution < 1.29 is 9.59 Å². The van der Waals surface area contributed by atoms with Gasteiger partial charge in [-0.2, -0.15) is 0 Å². The van der Waals surface area contributed by atoms with Crippen LogP contribution < -0.4 is 5.32 Å². The van der Waals surface area contributed by atoms with Gasteiger partial charge in [0.15, 0.2) is 0 Å². The number of aromatic nitrogens is 4. The van der Waals surface area contributed by atoms with Crippen LogP contribution in [0.4, 0.5) is 5.95 Å². The van der Waals surface area contributed by atoms with Crippen molar-refractivity contribution in [3.8, 4) is 0 Å². The summed E-state index contributed by atoms with van der Waals surface area (Å²) in [6.07, 6.45) is 5.12. The summed E-state index contributed by atoms with van der Waals surface area (Å²) < 4.78 is 1.90. The topological polar surface area (TPSA) is 93.0 Å². The van der Waals surface area contributed by atoms with Gasteiger partial charge in [-0.1, -0.05) is 13.8 Å². The number of nitrogens with one attached hydrogen (secondary N) is 1. The first-order valence-electron chi connectivity index (χ1n) is 8.84. The van der Waals surface area contributed by atoms with Gasteiger partial charge in [-0.15, -0.1) is 0 Å². The predicted octanol–water partition coefficient (Wildman–Crippen LogP) is 1.46. The number of hydrogen-bond donors (Lipinski definition) is 1. The number of carbonyl (C=O) groups is 2. The fraction of sp³-hybridized carbons (Fsp3) is 0.500. The van der Waals surface area contributed by atoms with Crippen LogP contribution >= 0.6 is 0 Å². The minimum atomic E-state index is -0.296. The van der Waals surface area contributed by atoms with Gasteiger partial charge in [-0.3, -0.25) is 14.9 Å². The molecule has 1 aliphatic heterocycles. The first-order chi connectivity index (χ1) is 12.4. The molecule has 0 atom stereocenters. The summed E-state index contributed by atoms with van der Waals surface area (Å²) in [5, 5.41) is 2.64. The van der Waals surface area contributed by atoms with E-state index in [0.717, 1.165) is 24.4 Å². The smallest absolute Gasteiger partial charge is 0.272 e. The van der Waals surface area contributed by atoms with E-state index < -0.39 is 0 Å². The molecule has 2 amide bonds. The molecule has 0 radical (unpaired) electrons. The third-order valence-electron chi connectivity index (χ3n) is 5.14. The Hall–Kier alpha value is -2.77. The number of carbonyl (C=O) groups excluding carboxylic acids is 2. The molecule has 2 aromatic heterocycles. The molecule has 2 aromatic rings. The van der Waals surface area contributed by atoms with Crippen molar-refractivity contribution in [2.75, 3.05) is 18.4 Å². The van der Waals surface area contributed by atoms with Crippen LogP contribution in [-0.2, 0) is 17.3 Å². The second-order valence-corrected chi connectivity index (χ2v) is 7.44. The van der Waals surface area contributed by atoms with Gasteiger partial charge in [0.1, 0.15) is 18.1 Å². The van der Waals surface area contributed by atoms with E-state index in [1.165, 1.54) is 0 Å². The summed E-state index contributed by atoms with van der Waals surface area (Å²) in [6.45, 7) is 4.67. The lowest BCUT2D eigenvalue weighted by Gasteiger charge is -2.32. The molecule has 8 nitrogen and oxygen atoms in total. The number of rotatable bonds is 4. The molecular weight excluding hydrogens is 332 g/mol. The quantitative estimate of drug-likeness (QED) is 0.897. The van der Waals surface area contributed by atoms with Crippen molar-refractivity contribution >= 4 is 17.8 Å². The Kier molecular flexibility index (Phi) is 3.78. The molecule has 4 rings (SSSR count). The number of nitrogens with zero attached hydrogens (tertiary/aromatic N) is 5. The summed E-state index contributed by atoms with van der Waals surface area (Å²) in [6, 6.07) is 1.68. The molecular formula is C18H22N6O2. The summed E-state index contributed by atoms with van der Waals surface area (Å²) >= 11 is 0. The molecule has 0 unspecified atom stereocenters. The Bertz CT molecular complexity index is 869. The van der Waals surface area contributed by atoms with Gasteiger partial charge in [-0.25, -0.2) is 15.0 Å². The van der Waals surface area contributed by atoms with Crippen LogP contribution in [0.1, 0.15) is 54.6 Å². The number of imidazole rings is 1. The number of fused-ring (bicyclic) bond motifs is 2. The summed E-state index contributed by atoms with van der Waals surface area (Å²) in [7, 11) is 1.89. The molecule has 0 aromatic carbocycles. The largest absolute Gasteiger partial charge is 0.327 e.